The van der Waals surface area contributed by atoms with Crippen LogP contribution in [0, 0.1) is 0 Å². The maximum Gasteiger partial charge on any atom is 0.422 e. The van der Waals surface area contributed by atoms with Crippen LogP contribution in [0.25, 0.3) is 38.8 Å². The molecule has 0 spiro atoms. The standard InChI is InChI=1S/C26H18F3IN4O2/c1-33-14-31-20-8-7-18(10-21(20)33)34-12-17-6-9-22(36-13-26(27,28)29)32-24(17)23(25(34)35)16-4-2-15(3-5-16)19-11-30-19/h2-10,12,14H,11,13H2,1H3. The normalized spacial score (nSPS) is 13.5. The van der Waals surface area contributed by atoms with Crippen LogP contribution in [0.4, 0.5) is 13.2 Å². The van der Waals surface area contributed by atoms with E-state index in [-0.39, 0.29) is 37.7 Å². The van der Waals surface area contributed by atoms with Crippen molar-refractivity contribution in [3.05, 3.63) is 83.0 Å². The Morgan fingerprint density at radius 2 is 1.81 bits per heavy atom. The van der Waals surface area contributed by atoms with Gasteiger partial charge >= 0.3 is 6.18 Å². The van der Waals surface area contributed by atoms with E-state index in [9.17, 15) is 18.0 Å². The van der Waals surface area contributed by atoms with Crippen molar-refractivity contribution in [3.8, 4) is 22.7 Å². The predicted molar refractivity (Wildman–Crippen MR) is 142 cm³/mol. The van der Waals surface area contributed by atoms with Crippen LogP contribution >= 0.6 is 20.7 Å². The van der Waals surface area contributed by atoms with Gasteiger partial charge in [0.2, 0.25) is 5.88 Å². The van der Waals surface area contributed by atoms with E-state index in [0.717, 1.165) is 11.0 Å². The molecular formula is C26H18F3IN4O2. The maximum atomic E-state index is 13.9. The average Bonchev–Trinajstić information content (AvgIpc) is 3.65. The third kappa shape index (κ3) is 4.29. The van der Waals surface area contributed by atoms with Crippen molar-refractivity contribution in [2.75, 3.05) is 11.0 Å². The van der Waals surface area contributed by atoms with Crippen LogP contribution in [0.1, 0.15) is 5.56 Å². The molecule has 6 nitrogen and oxygen atoms in total. The van der Waals surface area contributed by atoms with Crippen LogP contribution < -0.4 is 10.3 Å². The Morgan fingerprint density at radius 3 is 2.53 bits per heavy atom. The van der Waals surface area contributed by atoms with Crippen molar-refractivity contribution >= 4 is 46.2 Å². The highest BCUT2D eigenvalue weighted by Crippen LogP contribution is 2.31. The number of imidazole rings is 1. The fourth-order valence-electron chi connectivity index (χ4n) is 4.13. The van der Waals surface area contributed by atoms with Crippen LogP contribution in [0.2, 0.25) is 0 Å². The van der Waals surface area contributed by atoms with Crippen LogP contribution in [-0.2, 0) is 7.05 Å². The van der Waals surface area contributed by atoms with Gasteiger partial charge in [-0.2, -0.15) is 13.2 Å². The lowest BCUT2D eigenvalue weighted by molar-refractivity contribution is -0.154. The summed E-state index contributed by atoms with van der Waals surface area (Å²) in [5, 5.41) is 0.598. The first-order valence-electron chi connectivity index (χ1n) is 11.0. The smallest absolute Gasteiger partial charge is 0.422 e. The van der Waals surface area contributed by atoms with Gasteiger partial charge in [-0.05, 0) is 38.9 Å². The molecule has 0 aliphatic carbocycles. The lowest BCUT2D eigenvalue weighted by Crippen LogP contribution is -2.21. The van der Waals surface area contributed by atoms with Gasteiger partial charge in [0, 0.05) is 29.1 Å². The van der Waals surface area contributed by atoms with E-state index in [1.165, 1.54) is 24.1 Å². The van der Waals surface area contributed by atoms with E-state index in [1.54, 1.807) is 18.6 Å². The molecule has 36 heavy (non-hydrogen) atoms. The highest BCUT2D eigenvalue weighted by atomic mass is 127. The van der Waals surface area contributed by atoms with Gasteiger partial charge in [0.15, 0.2) is 6.61 Å². The minimum atomic E-state index is -4.49. The van der Waals surface area contributed by atoms with E-state index in [4.69, 9.17) is 4.74 Å². The summed E-state index contributed by atoms with van der Waals surface area (Å²) >= 11 is 0.149. The molecule has 1 aliphatic rings. The highest BCUT2D eigenvalue weighted by Gasteiger charge is 2.29. The summed E-state index contributed by atoms with van der Waals surface area (Å²) in [4.78, 5) is 22.5. The van der Waals surface area contributed by atoms with E-state index in [2.05, 4.69) is 9.97 Å². The number of fused-ring (bicyclic) bond motifs is 2. The summed E-state index contributed by atoms with van der Waals surface area (Å²) in [6, 6.07) is 16.3. The number of hydrogen-bond donors (Lipinski definition) is 0. The van der Waals surface area contributed by atoms with Crippen molar-refractivity contribution in [2.45, 2.75) is 6.18 Å². The zero-order valence-corrected chi connectivity index (χ0v) is 21.0. The number of pyridine rings is 2. The van der Waals surface area contributed by atoms with Crippen LogP contribution in [0.3, 0.4) is 0 Å². The van der Waals surface area contributed by atoms with Crippen molar-refractivity contribution in [2.24, 2.45) is 7.05 Å². The van der Waals surface area contributed by atoms with Gasteiger partial charge in [-0.1, -0.05) is 24.3 Å². The second-order valence-corrected chi connectivity index (χ2v) is 11.3. The molecule has 0 N–H and O–H groups in total. The van der Waals surface area contributed by atoms with Crippen molar-refractivity contribution in [1.29, 1.82) is 0 Å². The van der Waals surface area contributed by atoms with Gasteiger partial charge in [0.1, 0.15) is 0 Å². The fraction of sp³-hybridized carbons (Fsp3) is 0.154. The van der Waals surface area contributed by atoms with E-state index < -0.39 is 12.8 Å². The van der Waals surface area contributed by atoms with Crippen molar-refractivity contribution in [3.63, 3.8) is 0 Å². The molecule has 2 aromatic carbocycles. The molecule has 0 amide bonds. The van der Waals surface area contributed by atoms with Gasteiger partial charge in [-0.25, -0.2) is 9.97 Å². The van der Waals surface area contributed by atoms with Gasteiger partial charge < -0.3 is 9.30 Å². The Balaban J connectivity index is 1.55. The molecule has 5 aromatic rings. The van der Waals surface area contributed by atoms with Gasteiger partial charge in [-0.15, -0.1) is 20.7 Å². The molecular weight excluding hydrogens is 584 g/mol. The third-order valence-electron chi connectivity index (χ3n) is 5.96. The molecule has 0 saturated heterocycles. The minimum Gasteiger partial charge on any atom is -0.468 e. The molecule has 0 saturated carbocycles. The summed E-state index contributed by atoms with van der Waals surface area (Å²) in [5.41, 5.74) is 4.40. The summed E-state index contributed by atoms with van der Waals surface area (Å²) in [6.45, 7) is -1.46. The molecule has 0 fully saturated rings. The van der Waals surface area contributed by atoms with E-state index in [1.807, 2.05) is 54.1 Å². The Bertz CT molecular complexity index is 1740. The molecule has 0 bridgehead atoms. The maximum absolute atomic E-state index is 13.9. The second kappa shape index (κ2) is 8.54. The lowest BCUT2D eigenvalue weighted by atomic mass is 10.0. The van der Waals surface area contributed by atoms with Crippen LogP contribution in [0.5, 0.6) is 5.88 Å². The molecule has 182 valence electrons. The third-order valence-corrected chi connectivity index (χ3v) is 8.11. The molecule has 6 rings (SSSR count). The molecule has 0 radical (unpaired) electrons. The Kier molecular flexibility index (Phi) is 5.43. The first kappa shape index (κ1) is 22.9. The number of aryl methyl sites for hydroxylation is 1. The molecule has 0 unspecified atom stereocenters. The summed E-state index contributed by atoms with van der Waals surface area (Å²) < 4.78 is 49.1. The summed E-state index contributed by atoms with van der Waals surface area (Å²) in [6.07, 6.45) is -1.14. The van der Waals surface area contributed by atoms with Gasteiger partial charge in [0.05, 0.1) is 34.1 Å². The molecule has 1 aliphatic heterocycles. The number of aromatic nitrogens is 4. The Hall–Kier alpha value is -3.54. The van der Waals surface area contributed by atoms with E-state index in [0.29, 0.717) is 22.2 Å². The number of ether oxygens (including phenoxy) is 1. The highest BCUT2D eigenvalue weighted by molar-refractivity contribution is 14.2. The number of rotatable bonds is 5. The topological polar surface area (TPSA) is 61.9 Å². The van der Waals surface area contributed by atoms with Crippen molar-refractivity contribution < 1.29 is 17.9 Å². The van der Waals surface area contributed by atoms with E-state index >= 15 is 0 Å². The largest absolute Gasteiger partial charge is 0.468 e. The lowest BCUT2D eigenvalue weighted by Gasteiger charge is -2.14. The quantitative estimate of drug-likeness (QED) is 0.200. The molecule has 4 heterocycles. The van der Waals surface area contributed by atoms with Gasteiger partial charge in [0.25, 0.3) is 5.56 Å². The number of benzene rings is 2. The molecule has 10 heteroatoms. The number of halogens is 4. The first-order valence-corrected chi connectivity index (χ1v) is 13.6. The first-order chi connectivity index (χ1) is 17.3. The van der Waals surface area contributed by atoms with Crippen LogP contribution in [-0.4, -0.2) is 39.8 Å². The summed E-state index contributed by atoms with van der Waals surface area (Å²) in [5.74, 6) is -0.190. The molecule has 0 atom stereocenters. The predicted octanol–water partition coefficient (Wildman–Crippen LogP) is 5.39. The number of alkyl halides is 4. The monoisotopic (exact) mass is 602 g/mol. The zero-order valence-electron chi connectivity index (χ0n) is 18.9. The SMILES string of the molecule is Cn1cnc2ccc(-n3cc4ccc(OCC(F)(F)F)nc4c(-c4ccc(C5=IC5)cc4)c3=O)cc21. The zero-order chi connectivity index (χ0) is 25.0. The van der Waals surface area contributed by atoms with Gasteiger partial charge in [-0.3, -0.25) is 9.36 Å². The molecule has 3 aromatic heterocycles. The minimum absolute atomic E-state index is 0.149. The average molecular weight is 602 g/mol. The van der Waals surface area contributed by atoms with Crippen LogP contribution in [0.15, 0.2) is 71.9 Å². The summed E-state index contributed by atoms with van der Waals surface area (Å²) in [7, 11) is 1.88. The second-order valence-electron chi connectivity index (χ2n) is 8.45. The fourth-order valence-corrected chi connectivity index (χ4v) is 5.56. The number of nitrogens with zero attached hydrogens (tertiary/aromatic N) is 4. The number of hydrogen-bond acceptors (Lipinski definition) is 4. The Morgan fingerprint density at radius 1 is 1.06 bits per heavy atom. The Labute approximate surface area is 212 Å². The van der Waals surface area contributed by atoms with Crippen molar-refractivity contribution in [1.82, 2.24) is 19.1 Å².